The van der Waals surface area contributed by atoms with Crippen molar-refractivity contribution in [2.75, 3.05) is 32.7 Å². The molecular weight excluding hydrogens is 246 g/mol. The van der Waals surface area contributed by atoms with Crippen molar-refractivity contribution in [2.24, 2.45) is 0 Å². The van der Waals surface area contributed by atoms with Gasteiger partial charge in [0, 0.05) is 49.3 Å². The van der Waals surface area contributed by atoms with Crippen LogP contribution in [0.5, 0.6) is 0 Å². The maximum absolute atomic E-state index is 3.54. The van der Waals surface area contributed by atoms with Crippen molar-refractivity contribution in [1.29, 1.82) is 0 Å². The summed E-state index contributed by atoms with van der Waals surface area (Å²) in [5, 5.41) is 4.84. The molecule has 0 aliphatic carbocycles. The molecule has 20 heavy (non-hydrogen) atoms. The first-order valence-corrected chi connectivity index (χ1v) is 7.81. The third-order valence-corrected chi connectivity index (χ3v) is 4.48. The largest absolute Gasteiger partial charge is 0.358 e. The molecule has 1 aliphatic heterocycles. The Morgan fingerprint density at radius 3 is 2.75 bits per heavy atom. The van der Waals surface area contributed by atoms with E-state index in [1.54, 1.807) is 0 Å². The Morgan fingerprint density at radius 2 is 2.00 bits per heavy atom. The summed E-state index contributed by atoms with van der Waals surface area (Å²) < 4.78 is 0. The molecule has 0 saturated carbocycles. The van der Waals surface area contributed by atoms with Gasteiger partial charge in [-0.3, -0.25) is 0 Å². The van der Waals surface area contributed by atoms with Crippen LogP contribution >= 0.6 is 0 Å². The Morgan fingerprint density at radius 1 is 1.20 bits per heavy atom. The Kier molecular flexibility index (Phi) is 4.08. The van der Waals surface area contributed by atoms with E-state index in [4.69, 9.17) is 0 Å². The van der Waals surface area contributed by atoms with Crippen molar-refractivity contribution >= 4 is 10.9 Å². The van der Waals surface area contributed by atoms with Gasteiger partial charge in [0.1, 0.15) is 0 Å². The fourth-order valence-corrected chi connectivity index (χ4v) is 3.18. The van der Waals surface area contributed by atoms with Gasteiger partial charge >= 0.3 is 0 Å². The molecular formula is C17H25N3. The fraction of sp³-hybridized carbons (Fsp3) is 0.529. The van der Waals surface area contributed by atoms with E-state index in [1.807, 2.05) is 0 Å². The minimum absolute atomic E-state index is 1.11. The van der Waals surface area contributed by atoms with Crippen LogP contribution in [0.15, 0.2) is 18.2 Å². The second-order valence-corrected chi connectivity index (χ2v) is 5.80. The van der Waals surface area contributed by atoms with Crippen LogP contribution in [0, 0.1) is 6.92 Å². The third kappa shape index (κ3) is 2.74. The SMILES string of the molecule is CCc1ccc2[nH]c(C)c(CCN3CCNCC3)c2c1. The number of H-pyrrole nitrogens is 1. The summed E-state index contributed by atoms with van der Waals surface area (Å²) >= 11 is 0. The molecule has 3 nitrogen and oxygen atoms in total. The number of piperazine rings is 1. The lowest BCUT2D eigenvalue weighted by atomic mass is 10.0. The minimum atomic E-state index is 1.11. The van der Waals surface area contributed by atoms with E-state index in [0.29, 0.717) is 0 Å². The Hall–Kier alpha value is -1.32. The summed E-state index contributed by atoms with van der Waals surface area (Å²) in [6.45, 7) is 10.2. The molecule has 1 saturated heterocycles. The van der Waals surface area contributed by atoms with Gasteiger partial charge in [0.25, 0.3) is 0 Å². The molecule has 0 radical (unpaired) electrons. The molecule has 1 fully saturated rings. The summed E-state index contributed by atoms with van der Waals surface area (Å²) in [7, 11) is 0. The van der Waals surface area contributed by atoms with E-state index in [0.717, 1.165) is 25.9 Å². The molecule has 3 heteroatoms. The van der Waals surface area contributed by atoms with Crippen molar-refractivity contribution in [2.45, 2.75) is 26.7 Å². The van der Waals surface area contributed by atoms with Crippen molar-refractivity contribution in [3.05, 3.63) is 35.0 Å². The van der Waals surface area contributed by atoms with Gasteiger partial charge in [-0.1, -0.05) is 13.0 Å². The summed E-state index contributed by atoms with van der Waals surface area (Å²) in [4.78, 5) is 6.10. The molecule has 2 heterocycles. The first-order valence-electron chi connectivity index (χ1n) is 7.81. The number of aromatic nitrogens is 1. The monoisotopic (exact) mass is 271 g/mol. The number of fused-ring (bicyclic) bond motifs is 1. The highest BCUT2D eigenvalue weighted by Crippen LogP contribution is 2.24. The van der Waals surface area contributed by atoms with E-state index in [-0.39, 0.29) is 0 Å². The van der Waals surface area contributed by atoms with Crippen LogP contribution in [0.4, 0.5) is 0 Å². The van der Waals surface area contributed by atoms with Crippen LogP contribution in [0.2, 0.25) is 0 Å². The predicted octanol–water partition coefficient (Wildman–Crippen LogP) is 2.49. The lowest BCUT2D eigenvalue weighted by molar-refractivity contribution is 0.244. The Balaban J connectivity index is 1.80. The number of hydrogen-bond donors (Lipinski definition) is 2. The van der Waals surface area contributed by atoms with Crippen molar-refractivity contribution < 1.29 is 0 Å². The lowest BCUT2D eigenvalue weighted by Crippen LogP contribution is -2.44. The average molecular weight is 271 g/mol. The quantitative estimate of drug-likeness (QED) is 0.895. The Bertz CT molecular complexity index is 579. The van der Waals surface area contributed by atoms with Crippen LogP contribution < -0.4 is 5.32 Å². The Labute approximate surface area is 121 Å². The van der Waals surface area contributed by atoms with E-state index in [9.17, 15) is 0 Å². The molecule has 1 aliphatic rings. The van der Waals surface area contributed by atoms with Gasteiger partial charge in [-0.25, -0.2) is 0 Å². The molecule has 0 spiro atoms. The van der Waals surface area contributed by atoms with E-state index in [1.165, 1.54) is 47.4 Å². The second-order valence-electron chi connectivity index (χ2n) is 5.80. The number of nitrogens with one attached hydrogen (secondary N) is 2. The number of rotatable bonds is 4. The predicted molar refractivity (Wildman–Crippen MR) is 85.4 cm³/mol. The van der Waals surface area contributed by atoms with Gasteiger partial charge in [-0.15, -0.1) is 0 Å². The third-order valence-electron chi connectivity index (χ3n) is 4.48. The number of aryl methyl sites for hydroxylation is 2. The highest BCUT2D eigenvalue weighted by Gasteiger charge is 2.13. The first-order chi connectivity index (χ1) is 9.78. The highest BCUT2D eigenvalue weighted by atomic mass is 15.2. The van der Waals surface area contributed by atoms with Gasteiger partial charge in [0.05, 0.1) is 0 Å². The van der Waals surface area contributed by atoms with Gasteiger partial charge in [0.15, 0.2) is 0 Å². The lowest BCUT2D eigenvalue weighted by Gasteiger charge is -2.27. The minimum Gasteiger partial charge on any atom is -0.358 e. The topological polar surface area (TPSA) is 31.1 Å². The van der Waals surface area contributed by atoms with Crippen molar-refractivity contribution in [1.82, 2.24) is 15.2 Å². The number of hydrogen-bond acceptors (Lipinski definition) is 2. The summed E-state index contributed by atoms with van der Waals surface area (Å²) in [6.07, 6.45) is 2.26. The zero-order valence-corrected chi connectivity index (χ0v) is 12.6. The van der Waals surface area contributed by atoms with Crippen LogP contribution in [-0.4, -0.2) is 42.6 Å². The van der Waals surface area contributed by atoms with Crippen LogP contribution in [0.1, 0.15) is 23.7 Å². The zero-order chi connectivity index (χ0) is 13.9. The van der Waals surface area contributed by atoms with Gasteiger partial charge in [-0.2, -0.15) is 0 Å². The molecule has 0 unspecified atom stereocenters. The molecule has 0 bridgehead atoms. The molecule has 108 valence electrons. The molecule has 1 aromatic heterocycles. The molecule has 1 aromatic carbocycles. The molecule has 2 aromatic rings. The maximum Gasteiger partial charge on any atom is 0.0459 e. The number of aromatic amines is 1. The molecule has 3 rings (SSSR count). The second kappa shape index (κ2) is 5.98. The summed E-state index contributed by atoms with van der Waals surface area (Å²) in [5.41, 5.74) is 5.56. The molecule has 2 N–H and O–H groups in total. The van der Waals surface area contributed by atoms with E-state index < -0.39 is 0 Å². The standard InChI is InChI=1S/C17H25N3/c1-3-14-4-5-17-16(12-14)15(13(2)19-17)6-9-20-10-7-18-8-11-20/h4-5,12,18-19H,3,6-11H2,1-2H3. The zero-order valence-electron chi connectivity index (χ0n) is 12.6. The maximum atomic E-state index is 3.54. The summed E-state index contributed by atoms with van der Waals surface area (Å²) in [6, 6.07) is 6.83. The van der Waals surface area contributed by atoms with E-state index in [2.05, 4.69) is 47.2 Å². The van der Waals surface area contributed by atoms with Crippen LogP contribution in [0.3, 0.4) is 0 Å². The molecule has 0 amide bonds. The highest BCUT2D eigenvalue weighted by molar-refractivity contribution is 5.85. The van der Waals surface area contributed by atoms with Crippen LogP contribution in [0.25, 0.3) is 10.9 Å². The summed E-state index contributed by atoms with van der Waals surface area (Å²) in [5.74, 6) is 0. The van der Waals surface area contributed by atoms with Crippen molar-refractivity contribution in [3.8, 4) is 0 Å². The van der Waals surface area contributed by atoms with Gasteiger partial charge in [-0.05, 0) is 43.0 Å². The average Bonchev–Trinajstić information content (AvgIpc) is 2.80. The smallest absolute Gasteiger partial charge is 0.0459 e. The normalized spacial score (nSPS) is 16.9. The first kappa shape index (κ1) is 13.7. The van der Waals surface area contributed by atoms with Gasteiger partial charge in [0.2, 0.25) is 0 Å². The van der Waals surface area contributed by atoms with Crippen LogP contribution in [-0.2, 0) is 12.8 Å². The van der Waals surface area contributed by atoms with Crippen molar-refractivity contribution in [3.63, 3.8) is 0 Å². The number of nitrogens with zero attached hydrogens (tertiary/aromatic N) is 1. The molecule has 0 atom stereocenters. The number of benzene rings is 1. The van der Waals surface area contributed by atoms with Gasteiger partial charge < -0.3 is 15.2 Å². The fourth-order valence-electron chi connectivity index (χ4n) is 3.18. The van der Waals surface area contributed by atoms with E-state index >= 15 is 0 Å².